The van der Waals surface area contributed by atoms with Gasteiger partial charge in [0.2, 0.25) is 0 Å². The molecule has 1 N–H and O–H groups in total. The summed E-state index contributed by atoms with van der Waals surface area (Å²) in [4.78, 5) is 11.7. The zero-order valence-corrected chi connectivity index (χ0v) is 14.5. The first-order valence-corrected chi connectivity index (χ1v) is 7.72. The number of hydrogen-bond donors (Lipinski definition) is 1. The van der Waals surface area contributed by atoms with Crippen LogP contribution in [-0.2, 0) is 4.79 Å². The molecule has 1 amide bonds. The lowest BCUT2D eigenvalue weighted by molar-refractivity contribution is -0.123. The third-order valence-corrected chi connectivity index (χ3v) is 3.58. The van der Waals surface area contributed by atoms with Crippen LogP contribution in [0, 0.1) is 6.92 Å². The molecule has 0 saturated heterocycles. The molecule has 23 heavy (non-hydrogen) atoms. The van der Waals surface area contributed by atoms with Crippen molar-refractivity contribution in [3.63, 3.8) is 0 Å². The van der Waals surface area contributed by atoms with Crippen LogP contribution in [0.5, 0.6) is 11.5 Å². The SMILES string of the molecule is COc1ccc(C=NNC(=O)COc2ccc(C)cc2Br)cc1. The first-order valence-electron chi connectivity index (χ1n) is 6.93. The standard InChI is InChI=1S/C17H17BrN2O3/c1-12-3-8-16(15(18)9-12)23-11-17(21)20-19-10-13-4-6-14(22-2)7-5-13/h3-10H,11H2,1-2H3,(H,20,21). The van der Waals surface area contributed by atoms with Gasteiger partial charge in [-0.15, -0.1) is 0 Å². The first kappa shape index (κ1) is 17.0. The third-order valence-electron chi connectivity index (χ3n) is 2.96. The Morgan fingerprint density at radius 1 is 1.26 bits per heavy atom. The van der Waals surface area contributed by atoms with Crippen LogP contribution in [0.15, 0.2) is 52.0 Å². The number of aryl methyl sites for hydroxylation is 1. The van der Waals surface area contributed by atoms with Gasteiger partial charge in [0.15, 0.2) is 6.61 Å². The molecule has 120 valence electrons. The van der Waals surface area contributed by atoms with Gasteiger partial charge >= 0.3 is 0 Å². The highest BCUT2D eigenvalue weighted by Crippen LogP contribution is 2.25. The molecule has 0 atom stereocenters. The number of carbonyl (C=O) groups is 1. The zero-order chi connectivity index (χ0) is 16.7. The van der Waals surface area contributed by atoms with Crippen LogP contribution in [0.25, 0.3) is 0 Å². The zero-order valence-electron chi connectivity index (χ0n) is 12.9. The van der Waals surface area contributed by atoms with E-state index in [9.17, 15) is 4.79 Å². The summed E-state index contributed by atoms with van der Waals surface area (Å²) in [6.45, 7) is 1.87. The van der Waals surface area contributed by atoms with Gasteiger partial charge in [-0.2, -0.15) is 5.10 Å². The van der Waals surface area contributed by atoms with Gasteiger partial charge in [0.05, 0.1) is 17.8 Å². The Hall–Kier alpha value is -2.34. The Morgan fingerprint density at radius 2 is 2.00 bits per heavy atom. The number of ether oxygens (including phenoxy) is 2. The van der Waals surface area contributed by atoms with E-state index < -0.39 is 0 Å². The summed E-state index contributed by atoms with van der Waals surface area (Å²) in [5.41, 5.74) is 4.38. The normalized spacial score (nSPS) is 10.6. The second-order valence-electron chi connectivity index (χ2n) is 4.79. The molecule has 6 heteroatoms. The second-order valence-corrected chi connectivity index (χ2v) is 5.64. The summed E-state index contributed by atoms with van der Waals surface area (Å²) in [6.07, 6.45) is 1.55. The number of amides is 1. The fraction of sp³-hybridized carbons (Fsp3) is 0.176. The van der Waals surface area contributed by atoms with Crippen molar-refractivity contribution in [1.29, 1.82) is 0 Å². The van der Waals surface area contributed by atoms with Crippen LogP contribution < -0.4 is 14.9 Å². The van der Waals surface area contributed by atoms with Crippen molar-refractivity contribution in [2.24, 2.45) is 5.10 Å². The van der Waals surface area contributed by atoms with Crippen LogP contribution >= 0.6 is 15.9 Å². The molecule has 0 heterocycles. The van der Waals surface area contributed by atoms with Crippen molar-refractivity contribution < 1.29 is 14.3 Å². The predicted octanol–water partition coefficient (Wildman–Crippen LogP) is 3.30. The van der Waals surface area contributed by atoms with Gasteiger partial charge in [-0.1, -0.05) is 6.07 Å². The van der Waals surface area contributed by atoms with Crippen molar-refractivity contribution in [2.75, 3.05) is 13.7 Å². The van der Waals surface area contributed by atoms with Gasteiger partial charge in [-0.3, -0.25) is 4.79 Å². The molecule has 0 radical (unpaired) electrons. The molecule has 0 bridgehead atoms. The molecule has 0 aliphatic carbocycles. The van der Waals surface area contributed by atoms with Crippen molar-refractivity contribution >= 4 is 28.1 Å². The van der Waals surface area contributed by atoms with E-state index in [-0.39, 0.29) is 12.5 Å². The van der Waals surface area contributed by atoms with Crippen molar-refractivity contribution in [3.8, 4) is 11.5 Å². The fourth-order valence-electron chi connectivity index (χ4n) is 1.77. The average molecular weight is 377 g/mol. The molecule has 5 nitrogen and oxygen atoms in total. The fourth-order valence-corrected chi connectivity index (χ4v) is 2.37. The highest BCUT2D eigenvalue weighted by molar-refractivity contribution is 9.10. The highest BCUT2D eigenvalue weighted by Gasteiger charge is 2.05. The number of methoxy groups -OCH3 is 1. The largest absolute Gasteiger partial charge is 0.497 e. The number of halogens is 1. The number of nitrogens with zero attached hydrogens (tertiary/aromatic N) is 1. The van der Waals surface area contributed by atoms with Crippen LogP contribution in [0.3, 0.4) is 0 Å². The molecule has 0 aliphatic rings. The van der Waals surface area contributed by atoms with Gasteiger partial charge in [-0.25, -0.2) is 5.43 Å². The molecule has 0 aliphatic heterocycles. The molecular formula is C17H17BrN2O3. The predicted molar refractivity (Wildman–Crippen MR) is 93.1 cm³/mol. The number of hydrazone groups is 1. The van der Waals surface area contributed by atoms with Crippen molar-refractivity contribution in [3.05, 3.63) is 58.1 Å². The summed E-state index contributed by atoms with van der Waals surface area (Å²) in [5, 5.41) is 3.89. The van der Waals surface area contributed by atoms with Gasteiger partial charge in [0.25, 0.3) is 5.91 Å². The number of rotatable bonds is 6. The minimum Gasteiger partial charge on any atom is -0.497 e. The van der Waals surface area contributed by atoms with E-state index in [1.54, 1.807) is 13.3 Å². The highest BCUT2D eigenvalue weighted by atomic mass is 79.9. The molecule has 0 unspecified atom stereocenters. The lowest BCUT2D eigenvalue weighted by Gasteiger charge is -2.07. The summed E-state index contributed by atoms with van der Waals surface area (Å²) in [6, 6.07) is 13.0. The van der Waals surface area contributed by atoms with Crippen LogP contribution in [0.2, 0.25) is 0 Å². The monoisotopic (exact) mass is 376 g/mol. The Balaban J connectivity index is 1.81. The summed E-state index contributed by atoms with van der Waals surface area (Å²) in [7, 11) is 1.61. The minimum absolute atomic E-state index is 0.110. The van der Waals surface area contributed by atoms with E-state index in [4.69, 9.17) is 9.47 Å². The minimum atomic E-state index is -0.331. The molecule has 0 spiro atoms. The van der Waals surface area contributed by atoms with Gasteiger partial charge in [-0.05, 0) is 70.4 Å². The smallest absolute Gasteiger partial charge is 0.277 e. The van der Waals surface area contributed by atoms with Crippen molar-refractivity contribution in [2.45, 2.75) is 6.92 Å². The molecular weight excluding hydrogens is 360 g/mol. The quantitative estimate of drug-likeness (QED) is 0.621. The molecule has 2 rings (SSSR count). The van der Waals surface area contributed by atoms with E-state index in [1.165, 1.54) is 0 Å². The van der Waals surface area contributed by atoms with Crippen LogP contribution in [0.4, 0.5) is 0 Å². The Morgan fingerprint density at radius 3 is 2.65 bits per heavy atom. The molecule has 0 aromatic heterocycles. The van der Waals surface area contributed by atoms with Crippen molar-refractivity contribution in [1.82, 2.24) is 5.43 Å². The Labute approximate surface area is 143 Å². The first-order chi connectivity index (χ1) is 11.1. The summed E-state index contributed by atoms with van der Waals surface area (Å²) < 4.78 is 11.3. The van der Waals surface area contributed by atoms with Crippen LogP contribution in [0.1, 0.15) is 11.1 Å². The summed E-state index contributed by atoms with van der Waals surface area (Å²) >= 11 is 3.40. The van der Waals surface area contributed by atoms with E-state index in [0.29, 0.717) is 5.75 Å². The molecule has 0 fully saturated rings. The number of hydrogen-bond acceptors (Lipinski definition) is 4. The van der Waals surface area contributed by atoms with Crippen LogP contribution in [-0.4, -0.2) is 25.8 Å². The topological polar surface area (TPSA) is 59.9 Å². The maximum Gasteiger partial charge on any atom is 0.277 e. The molecule has 0 saturated carbocycles. The van der Waals surface area contributed by atoms with Gasteiger partial charge < -0.3 is 9.47 Å². The maximum atomic E-state index is 11.7. The maximum absolute atomic E-state index is 11.7. The number of nitrogens with one attached hydrogen (secondary N) is 1. The van der Waals surface area contributed by atoms with E-state index in [2.05, 4.69) is 26.5 Å². The summed E-state index contributed by atoms with van der Waals surface area (Å²) in [5.74, 6) is 1.05. The van der Waals surface area contributed by atoms with E-state index >= 15 is 0 Å². The molecule has 2 aromatic carbocycles. The second kappa shape index (κ2) is 8.33. The van der Waals surface area contributed by atoms with Gasteiger partial charge in [0.1, 0.15) is 11.5 Å². The van der Waals surface area contributed by atoms with E-state index in [0.717, 1.165) is 21.3 Å². The number of carbonyl (C=O) groups excluding carboxylic acids is 1. The third kappa shape index (κ3) is 5.41. The number of benzene rings is 2. The lowest BCUT2D eigenvalue weighted by Crippen LogP contribution is -2.24. The Bertz CT molecular complexity index is 699. The Kier molecular flexibility index (Phi) is 6.17. The average Bonchev–Trinajstić information content (AvgIpc) is 2.54. The molecule has 2 aromatic rings. The van der Waals surface area contributed by atoms with E-state index in [1.807, 2.05) is 49.4 Å². The lowest BCUT2D eigenvalue weighted by atomic mass is 10.2. The van der Waals surface area contributed by atoms with Gasteiger partial charge in [0, 0.05) is 0 Å².